The molecule has 2 aromatic carbocycles. The summed E-state index contributed by atoms with van der Waals surface area (Å²) in [6.45, 7) is 8.21. The molecule has 0 unspecified atom stereocenters. The molecule has 2 fully saturated rings. The number of nitrogens with zero attached hydrogens (tertiary/aromatic N) is 2. The minimum absolute atomic E-state index is 0.838. The van der Waals surface area contributed by atoms with Gasteiger partial charge in [-0.1, -0.05) is 48.0 Å². The first-order chi connectivity index (χ1) is 10.8. The highest BCUT2D eigenvalue weighted by atomic mass is 15.2. The fourth-order valence-corrected chi connectivity index (χ4v) is 4.03. The number of aryl methyl sites for hydroxylation is 1. The maximum Gasteiger partial charge on any atom is 0.0366 e. The molecule has 0 radical (unpaired) electrons. The summed E-state index contributed by atoms with van der Waals surface area (Å²) < 4.78 is 0. The lowest BCUT2D eigenvalue weighted by molar-refractivity contribution is 0.309. The highest BCUT2D eigenvalue weighted by Gasteiger charge is 2.39. The Kier molecular flexibility index (Phi) is 3.63. The minimum atomic E-state index is 0.838. The van der Waals surface area contributed by atoms with E-state index in [1.54, 1.807) is 0 Å². The molecule has 0 amide bonds. The molecule has 0 saturated carbocycles. The zero-order valence-electron chi connectivity index (χ0n) is 13.3. The molecular formula is C20H24N2. The van der Waals surface area contributed by atoms with Crippen LogP contribution in [0.1, 0.15) is 11.1 Å². The van der Waals surface area contributed by atoms with Crippen molar-refractivity contribution in [3.05, 3.63) is 65.7 Å². The van der Waals surface area contributed by atoms with Crippen LogP contribution in [0.4, 0.5) is 5.69 Å². The fraction of sp³-hybridized carbons (Fsp3) is 0.400. The van der Waals surface area contributed by atoms with Crippen molar-refractivity contribution in [2.45, 2.75) is 13.5 Å². The average Bonchev–Trinajstić information content (AvgIpc) is 3.07. The highest BCUT2D eigenvalue weighted by Crippen LogP contribution is 2.34. The van der Waals surface area contributed by atoms with Crippen LogP contribution in [0.2, 0.25) is 0 Å². The molecule has 2 aromatic rings. The summed E-state index contributed by atoms with van der Waals surface area (Å²) in [6, 6.07) is 19.9. The van der Waals surface area contributed by atoms with E-state index in [2.05, 4.69) is 71.3 Å². The molecule has 114 valence electrons. The molecule has 0 spiro atoms. The van der Waals surface area contributed by atoms with Crippen LogP contribution in [0.25, 0.3) is 0 Å². The summed E-state index contributed by atoms with van der Waals surface area (Å²) >= 11 is 0. The molecule has 2 heterocycles. The van der Waals surface area contributed by atoms with E-state index in [-0.39, 0.29) is 0 Å². The maximum absolute atomic E-state index is 2.64. The zero-order valence-corrected chi connectivity index (χ0v) is 13.3. The SMILES string of the molecule is Cc1ccc(N2C[C@H]3CN(Cc4ccccc4)C[C@H]3C2)cc1. The molecule has 0 aromatic heterocycles. The van der Waals surface area contributed by atoms with Crippen molar-refractivity contribution in [1.82, 2.24) is 4.90 Å². The minimum Gasteiger partial charge on any atom is -0.371 e. The van der Waals surface area contributed by atoms with Gasteiger partial charge in [-0.05, 0) is 36.5 Å². The number of hydrogen-bond donors (Lipinski definition) is 0. The van der Waals surface area contributed by atoms with Gasteiger partial charge in [0.1, 0.15) is 0 Å². The van der Waals surface area contributed by atoms with Crippen molar-refractivity contribution in [2.24, 2.45) is 11.8 Å². The Morgan fingerprint density at radius 1 is 0.818 bits per heavy atom. The van der Waals surface area contributed by atoms with Crippen LogP contribution in [-0.2, 0) is 6.54 Å². The van der Waals surface area contributed by atoms with Gasteiger partial charge in [0.25, 0.3) is 0 Å². The summed E-state index contributed by atoms with van der Waals surface area (Å²) in [6.07, 6.45) is 0. The second kappa shape index (κ2) is 5.77. The van der Waals surface area contributed by atoms with E-state index < -0.39 is 0 Å². The van der Waals surface area contributed by atoms with E-state index in [1.165, 1.54) is 43.0 Å². The van der Waals surface area contributed by atoms with Gasteiger partial charge in [0.05, 0.1) is 0 Å². The Bertz CT molecular complexity index is 606. The Morgan fingerprint density at radius 3 is 2.09 bits per heavy atom. The van der Waals surface area contributed by atoms with Crippen LogP contribution >= 0.6 is 0 Å². The van der Waals surface area contributed by atoms with E-state index in [4.69, 9.17) is 0 Å². The second-order valence-electron chi connectivity index (χ2n) is 6.94. The summed E-state index contributed by atoms with van der Waals surface area (Å²) in [5.74, 6) is 1.68. The summed E-state index contributed by atoms with van der Waals surface area (Å²) in [5.41, 5.74) is 4.18. The Labute approximate surface area is 133 Å². The first kappa shape index (κ1) is 13.8. The van der Waals surface area contributed by atoms with Gasteiger partial charge < -0.3 is 4.90 Å². The zero-order chi connectivity index (χ0) is 14.9. The molecular weight excluding hydrogens is 268 g/mol. The van der Waals surface area contributed by atoms with Gasteiger partial charge in [-0.25, -0.2) is 0 Å². The van der Waals surface area contributed by atoms with Crippen LogP contribution in [0.5, 0.6) is 0 Å². The normalized spacial score (nSPS) is 24.7. The molecule has 2 saturated heterocycles. The van der Waals surface area contributed by atoms with Crippen molar-refractivity contribution in [3.63, 3.8) is 0 Å². The molecule has 2 aliphatic heterocycles. The molecule has 2 aliphatic rings. The van der Waals surface area contributed by atoms with Crippen LogP contribution in [-0.4, -0.2) is 31.1 Å². The molecule has 22 heavy (non-hydrogen) atoms. The number of anilines is 1. The van der Waals surface area contributed by atoms with Crippen LogP contribution in [0.15, 0.2) is 54.6 Å². The summed E-state index contributed by atoms with van der Waals surface area (Å²) in [5, 5.41) is 0. The number of fused-ring (bicyclic) bond motifs is 1. The second-order valence-corrected chi connectivity index (χ2v) is 6.94. The third-order valence-electron chi connectivity index (χ3n) is 5.21. The Hall–Kier alpha value is -1.80. The molecule has 0 aliphatic carbocycles. The van der Waals surface area contributed by atoms with Crippen LogP contribution in [0, 0.1) is 18.8 Å². The van der Waals surface area contributed by atoms with Crippen molar-refractivity contribution >= 4 is 5.69 Å². The average molecular weight is 292 g/mol. The highest BCUT2D eigenvalue weighted by molar-refractivity contribution is 5.48. The first-order valence-electron chi connectivity index (χ1n) is 8.36. The maximum atomic E-state index is 2.64. The predicted molar refractivity (Wildman–Crippen MR) is 92.1 cm³/mol. The first-order valence-corrected chi connectivity index (χ1v) is 8.36. The van der Waals surface area contributed by atoms with Crippen molar-refractivity contribution < 1.29 is 0 Å². The van der Waals surface area contributed by atoms with Gasteiger partial charge in [-0.2, -0.15) is 0 Å². The van der Waals surface area contributed by atoms with E-state index in [9.17, 15) is 0 Å². The predicted octanol–water partition coefficient (Wildman–Crippen LogP) is 3.56. The lowest BCUT2D eigenvalue weighted by atomic mass is 10.0. The van der Waals surface area contributed by atoms with Gasteiger partial charge in [-0.15, -0.1) is 0 Å². The van der Waals surface area contributed by atoms with Crippen molar-refractivity contribution in [1.29, 1.82) is 0 Å². The molecule has 4 rings (SSSR count). The Morgan fingerprint density at radius 2 is 1.45 bits per heavy atom. The third-order valence-corrected chi connectivity index (χ3v) is 5.21. The lowest BCUT2D eigenvalue weighted by Gasteiger charge is -2.23. The molecule has 0 bridgehead atoms. The van der Waals surface area contributed by atoms with E-state index >= 15 is 0 Å². The van der Waals surface area contributed by atoms with Gasteiger partial charge >= 0.3 is 0 Å². The van der Waals surface area contributed by atoms with E-state index in [0.717, 1.165) is 18.4 Å². The van der Waals surface area contributed by atoms with E-state index in [0.29, 0.717) is 0 Å². The van der Waals surface area contributed by atoms with Crippen LogP contribution < -0.4 is 4.90 Å². The molecule has 2 atom stereocenters. The van der Waals surface area contributed by atoms with Gasteiger partial charge in [0, 0.05) is 38.4 Å². The lowest BCUT2D eigenvalue weighted by Crippen LogP contribution is -2.28. The smallest absolute Gasteiger partial charge is 0.0366 e. The number of likely N-dealkylation sites (tertiary alicyclic amines) is 1. The molecule has 2 nitrogen and oxygen atoms in total. The Balaban J connectivity index is 1.37. The van der Waals surface area contributed by atoms with Crippen LogP contribution in [0.3, 0.4) is 0 Å². The van der Waals surface area contributed by atoms with Gasteiger partial charge in [0.2, 0.25) is 0 Å². The summed E-state index contributed by atoms with van der Waals surface area (Å²) in [7, 11) is 0. The molecule has 0 N–H and O–H groups in total. The van der Waals surface area contributed by atoms with Crippen molar-refractivity contribution in [3.8, 4) is 0 Å². The molecule has 2 heteroatoms. The standard InChI is InChI=1S/C20H24N2/c1-16-7-9-20(10-8-16)22-14-18-12-21(13-19(18)15-22)11-17-5-3-2-4-6-17/h2-10,18-19H,11-15H2,1H3/t18-,19+. The third kappa shape index (κ3) is 2.76. The summed E-state index contributed by atoms with van der Waals surface area (Å²) in [4.78, 5) is 5.21. The number of rotatable bonds is 3. The largest absolute Gasteiger partial charge is 0.371 e. The fourth-order valence-electron chi connectivity index (χ4n) is 4.03. The van der Waals surface area contributed by atoms with Crippen molar-refractivity contribution in [2.75, 3.05) is 31.1 Å². The quantitative estimate of drug-likeness (QED) is 0.853. The number of benzene rings is 2. The monoisotopic (exact) mass is 292 g/mol. The number of hydrogen-bond acceptors (Lipinski definition) is 2. The van der Waals surface area contributed by atoms with E-state index in [1.807, 2.05) is 0 Å². The van der Waals surface area contributed by atoms with Gasteiger partial charge in [-0.3, -0.25) is 4.90 Å². The van der Waals surface area contributed by atoms with Gasteiger partial charge in [0.15, 0.2) is 0 Å². The topological polar surface area (TPSA) is 6.48 Å².